The van der Waals surface area contributed by atoms with Gasteiger partial charge in [-0.25, -0.2) is 0 Å². The Hall–Kier alpha value is -2.49. The van der Waals surface area contributed by atoms with Crippen LogP contribution in [0.3, 0.4) is 0 Å². The number of aliphatic carboxylic acids is 1. The van der Waals surface area contributed by atoms with Crippen LogP contribution in [-0.2, 0) is 17.8 Å². The van der Waals surface area contributed by atoms with Crippen molar-refractivity contribution in [3.63, 3.8) is 0 Å². The molecular formula is C26H30O4. The lowest BCUT2D eigenvalue weighted by Crippen LogP contribution is -2.55. The molecule has 4 fully saturated rings. The van der Waals surface area contributed by atoms with Gasteiger partial charge < -0.3 is 14.6 Å². The molecule has 4 aliphatic carbocycles. The summed E-state index contributed by atoms with van der Waals surface area (Å²) >= 11 is 0. The summed E-state index contributed by atoms with van der Waals surface area (Å²) in [5, 5.41) is 9.99. The molecule has 2 aromatic rings. The van der Waals surface area contributed by atoms with Crippen LogP contribution in [0.2, 0.25) is 0 Å². The Labute approximate surface area is 178 Å². The van der Waals surface area contributed by atoms with E-state index in [1.807, 2.05) is 36.4 Å². The lowest BCUT2D eigenvalue weighted by Gasteiger charge is -2.60. The lowest BCUT2D eigenvalue weighted by molar-refractivity contribution is -0.174. The van der Waals surface area contributed by atoms with Crippen molar-refractivity contribution in [3.8, 4) is 11.5 Å². The van der Waals surface area contributed by atoms with Gasteiger partial charge in [0.1, 0.15) is 6.61 Å². The van der Waals surface area contributed by atoms with Crippen molar-refractivity contribution in [2.75, 3.05) is 7.11 Å². The summed E-state index contributed by atoms with van der Waals surface area (Å²) in [4.78, 5) is 12.1. The highest BCUT2D eigenvalue weighted by atomic mass is 16.5. The summed E-state index contributed by atoms with van der Waals surface area (Å²) in [6.45, 7) is 0.505. The first kappa shape index (κ1) is 19.5. The van der Waals surface area contributed by atoms with E-state index >= 15 is 0 Å². The minimum absolute atomic E-state index is 0.125. The van der Waals surface area contributed by atoms with E-state index in [1.165, 1.54) is 24.8 Å². The maximum absolute atomic E-state index is 12.1. The summed E-state index contributed by atoms with van der Waals surface area (Å²) in [6.07, 6.45) is 7.11. The number of carboxylic acids is 1. The molecule has 158 valence electrons. The van der Waals surface area contributed by atoms with Crippen LogP contribution >= 0.6 is 0 Å². The largest absolute Gasteiger partial charge is 0.493 e. The highest BCUT2D eigenvalue weighted by Crippen LogP contribution is 2.66. The Morgan fingerprint density at radius 2 is 1.73 bits per heavy atom. The second-order valence-electron chi connectivity index (χ2n) is 9.98. The molecule has 4 bridgehead atoms. The van der Waals surface area contributed by atoms with Gasteiger partial charge >= 0.3 is 5.97 Å². The van der Waals surface area contributed by atoms with Crippen LogP contribution < -0.4 is 9.47 Å². The van der Waals surface area contributed by atoms with Crippen molar-refractivity contribution in [3.05, 3.63) is 59.7 Å². The standard InChI is InChI=1S/C26H30O4/c1-29-23-10-19(7-8-22(23)30-16-18-5-3-2-4-6-18)11-25-12-20-9-21(13-25)15-26(14-20,17-25)24(27)28/h2-8,10,20-21H,9,11-17H2,1H3,(H,27,28). The first-order valence-corrected chi connectivity index (χ1v) is 11.1. The molecule has 0 spiro atoms. The molecule has 0 saturated heterocycles. The van der Waals surface area contributed by atoms with Crippen LogP contribution in [0, 0.1) is 22.7 Å². The topological polar surface area (TPSA) is 55.8 Å². The molecule has 4 nitrogen and oxygen atoms in total. The van der Waals surface area contributed by atoms with Gasteiger partial charge in [-0.15, -0.1) is 0 Å². The van der Waals surface area contributed by atoms with Gasteiger partial charge in [0, 0.05) is 0 Å². The Morgan fingerprint density at radius 1 is 1.00 bits per heavy atom. The molecule has 30 heavy (non-hydrogen) atoms. The quantitative estimate of drug-likeness (QED) is 0.661. The van der Waals surface area contributed by atoms with E-state index in [9.17, 15) is 9.90 Å². The first-order valence-electron chi connectivity index (χ1n) is 11.1. The number of carboxylic acid groups (broad SMARTS) is 1. The molecular weight excluding hydrogens is 376 g/mol. The van der Waals surface area contributed by atoms with Crippen LogP contribution in [0.4, 0.5) is 0 Å². The highest BCUT2D eigenvalue weighted by molar-refractivity contribution is 5.75. The van der Waals surface area contributed by atoms with E-state index in [2.05, 4.69) is 12.1 Å². The molecule has 0 aromatic heterocycles. The molecule has 0 aliphatic heterocycles. The van der Waals surface area contributed by atoms with Crippen molar-refractivity contribution in [2.45, 2.75) is 51.6 Å². The predicted molar refractivity (Wildman–Crippen MR) is 115 cm³/mol. The van der Waals surface area contributed by atoms with Crippen molar-refractivity contribution >= 4 is 5.97 Å². The van der Waals surface area contributed by atoms with Gasteiger partial charge in [0.05, 0.1) is 12.5 Å². The molecule has 1 N–H and O–H groups in total. The molecule has 0 heterocycles. The zero-order valence-corrected chi connectivity index (χ0v) is 17.6. The molecule has 6 rings (SSSR count). The molecule has 4 saturated carbocycles. The normalized spacial score (nSPS) is 31.5. The molecule has 2 atom stereocenters. The number of benzene rings is 2. The Kier molecular flexibility index (Phi) is 4.76. The van der Waals surface area contributed by atoms with E-state index in [1.54, 1.807) is 7.11 Å². The molecule has 0 amide bonds. The minimum Gasteiger partial charge on any atom is -0.493 e. The van der Waals surface area contributed by atoms with Crippen molar-refractivity contribution < 1.29 is 19.4 Å². The summed E-state index contributed by atoms with van der Waals surface area (Å²) in [6, 6.07) is 16.3. The summed E-state index contributed by atoms with van der Waals surface area (Å²) < 4.78 is 11.6. The second-order valence-corrected chi connectivity index (χ2v) is 9.98. The number of hydrogen-bond acceptors (Lipinski definition) is 3. The van der Waals surface area contributed by atoms with Crippen LogP contribution in [0.25, 0.3) is 0 Å². The number of rotatable bonds is 7. The molecule has 0 radical (unpaired) electrons. The summed E-state index contributed by atoms with van der Waals surface area (Å²) in [5.41, 5.74) is 1.99. The van der Waals surface area contributed by atoms with Crippen molar-refractivity contribution in [1.82, 2.24) is 0 Å². The maximum Gasteiger partial charge on any atom is 0.309 e. The number of carbonyl (C=O) groups is 1. The molecule has 4 heteroatoms. The van der Waals surface area contributed by atoms with Gasteiger partial charge in [-0.3, -0.25) is 4.79 Å². The molecule has 4 aliphatic rings. The minimum atomic E-state index is -0.566. The lowest BCUT2D eigenvalue weighted by atomic mass is 9.43. The smallest absolute Gasteiger partial charge is 0.309 e. The van der Waals surface area contributed by atoms with Gasteiger partial charge in [-0.05, 0) is 85.5 Å². The molecule has 2 aromatic carbocycles. The zero-order valence-electron chi connectivity index (χ0n) is 17.6. The highest BCUT2D eigenvalue weighted by Gasteiger charge is 2.60. The average Bonchev–Trinajstić information content (AvgIpc) is 2.72. The van der Waals surface area contributed by atoms with Crippen LogP contribution in [0.1, 0.15) is 49.7 Å². The summed E-state index contributed by atoms with van der Waals surface area (Å²) in [5.74, 6) is 2.09. The number of hydrogen-bond donors (Lipinski definition) is 1. The van der Waals surface area contributed by atoms with E-state index in [4.69, 9.17) is 9.47 Å². The van der Waals surface area contributed by atoms with E-state index in [0.29, 0.717) is 18.4 Å². The second kappa shape index (κ2) is 7.33. The van der Waals surface area contributed by atoms with E-state index in [-0.39, 0.29) is 5.41 Å². The van der Waals surface area contributed by atoms with Crippen molar-refractivity contribution in [2.24, 2.45) is 22.7 Å². The van der Waals surface area contributed by atoms with Gasteiger partial charge in [-0.2, -0.15) is 0 Å². The first-order chi connectivity index (χ1) is 14.5. The van der Waals surface area contributed by atoms with E-state index in [0.717, 1.165) is 42.7 Å². The third-order valence-corrected chi connectivity index (χ3v) is 7.68. The summed E-state index contributed by atoms with van der Waals surface area (Å²) in [7, 11) is 1.68. The third-order valence-electron chi connectivity index (χ3n) is 7.68. The van der Waals surface area contributed by atoms with Gasteiger partial charge in [0.15, 0.2) is 11.5 Å². The van der Waals surface area contributed by atoms with Gasteiger partial charge in [-0.1, -0.05) is 36.4 Å². The van der Waals surface area contributed by atoms with E-state index < -0.39 is 11.4 Å². The third kappa shape index (κ3) is 3.46. The van der Waals surface area contributed by atoms with Crippen LogP contribution in [-0.4, -0.2) is 18.2 Å². The van der Waals surface area contributed by atoms with Crippen LogP contribution in [0.5, 0.6) is 11.5 Å². The Balaban J connectivity index is 1.34. The fraction of sp³-hybridized carbons (Fsp3) is 0.500. The van der Waals surface area contributed by atoms with Crippen molar-refractivity contribution in [1.29, 1.82) is 0 Å². The maximum atomic E-state index is 12.1. The van der Waals surface area contributed by atoms with Gasteiger partial charge in [0.25, 0.3) is 0 Å². The van der Waals surface area contributed by atoms with Gasteiger partial charge in [0.2, 0.25) is 0 Å². The average molecular weight is 407 g/mol. The fourth-order valence-corrected chi connectivity index (χ4v) is 7.02. The predicted octanol–water partition coefficient (Wildman–Crippen LogP) is 5.49. The SMILES string of the molecule is COc1cc(CC23CC4CC(C2)CC(C(=O)O)(C4)C3)ccc1OCc1ccccc1. The monoisotopic (exact) mass is 406 g/mol. The number of methoxy groups -OCH3 is 1. The number of ether oxygens (including phenoxy) is 2. The van der Waals surface area contributed by atoms with Crippen LogP contribution in [0.15, 0.2) is 48.5 Å². The zero-order chi connectivity index (χ0) is 20.8. The fourth-order valence-electron chi connectivity index (χ4n) is 7.02. The Morgan fingerprint density at radius 3 is 2.40 bits per heavy atom. The Bertz CT molecular complexity index is 921. The molecule has 2 unspecified atom stereocenters.